The van der Waals surface area contributed by atoms with E-state index in [1.54, 1.807) is 0 Å². The first-order valence-electron chi connectivity index (χ1n) is 11.5. The number of benzene rings is 1. The van der Waals surface area contributed by atoms with E-state index in [1.807, 2.05) is 38.1 Å². The molecule has 0 radical (unpaired) electrons. The minimum Gasteiger partial charge on any atom is -0.357 e. The number of amides is 1. The van der Waals surface area contributed by atoms with Crippen LogP contribution in [0.5, 0.6) is 0 Å². The van der Waals surface area contributed by atoms with Gasteiger partial charge in [0, 0.05) is 24.7 Å². The summed E-state index contributed by atoms with van der Waals surface area (Å²) in [6.45, 7) is 17.6. The molecule has 0 aliphatic heterocycles. The molecule has 0 aliphatic rings. The lowest BCUT2D eigenvalue weighted by molar-refractivity contribution is -0.116. The Labute approximate surface area is 183 Å². The number of aliphatic imine (C=N–C) groups is 1. The Balaban J connectivity index is 2.61. The van der Waals surface area contributed by atoms with Crippen LogP contribution >= 0.6 is 0 Å². The minimum atomic E-state index is 0.0548. The molecule has 1 amide bonds. The van der Waals surface area contributed by atoms with Crippen LogP contribution in [0, 0.1) is 5.92 Å². The van der Waals surface area contributed by atoms with Gasteiger partial charge in [-0.3, -0.25) is 4.79 Å². The van der Waals surface area contributed by atoms with Gasteiger partial charge < -0.3 is 20.9 Å². The highest BCUT2D eigenvalue weighted by atomic mass is 16.1. The van der Waals surface area contributed by atoms with Crippen molar-refractivity contribution < 1.29 is 4.79 Å². The zero-order chi connectivity index (χ0) is 22.4. The van der Waals surface area contributed by atoms with Crippen molar-refractivity contribution in [1.82, 2.24) is 15.5 Å². The van der Waals surface area contributed by atoms with Gasteiger partial charge >= 0.3 is 0 Å². The number of anilines is 1. The number of nitrogens with zero attached hydrogens (tertiary/aromatic N) is 2. The summed E-state index contributed by atoms with van der Waals surface area (Å²) < 4.78 is 0. The first-order valence-corrected chi connectivity index (χ1v) is 11.5. The monoisotopic (exact) mass is 417 g/mol. The molecule has 0 saturated carbocycles. The Bertz CT molecular complexity index is 640. The fourth-order valence-corrected chi connectivity index (χ4v) is 3.29. The molecule has 1 unspecified atom stereocenters. The second kappa shape index (κ2) is 14.8. The lowest BCUT2D eigenvalue weighted by Crippen LogP contribution is -2.42. The largest absolute Gasteiger partial charge is 0.357 e. The van der Waals surface area contributed by atoms with E-state index in [2.05, 4.69) is 48.5 Å². The van der Waals surface area contributed by atoms with E-state index in [9.17, 15) is 4.79 Å². The van der Waals surface area contributed by atoms with Crippen LogP contribution in [0.4, 0.5) is 5.69 Å². The van der Waals surface area contributed by atoms with Gasteiger partial charge in [-0.1, -0.05) is 39.8 Å². The molecule has 1 atom stereocenters. The number of hydrogen-bond acceptors (Lipinski definition) is 3. The Morgan fingerprint density at radius 2 is 1.87 bits per heavy atom. The van der Waals surface area contributed by atoms with Gasteiger partial charge in [-0.05, 0) is 69.9 Å². The third kappa shape index (κ3) is 11.2. The Kier molecular flexibility index (Phi) is 12.8. The molecule has 6 nitrogen and oxygen atoms in total. The van der Waals surface area contributed by atoms with Gasteiger partial charge in [0.15, 0.2) is 5.96 Å². The first-order chi connectivity index (χ1) is 14.4. The van der Waals surface area contributed by atoms with Crippen molar-refractivity contribution in [2.24, 2.45) is 10.9 Å². The lowest BCUT2D eigenvalue weighted by Gasteiger charge is -2.21. The number of carbonyl (C=O) groups excluding carboxylic acids is 1. The second-order valence-corrected chi connectivity index (χ2v) is 8.26. The maximum absolute atomic E-state index is 12.0. The summed E-state index contributed by atoms with van der Waals surface area (Å²) in [4.78, 5) is 19.2. The quantitative estimate of drug-likeness (QED) is 0.332. The SMILES string of the molecule is CCNC(=NCc1cccc(NC(=O)CC(C)C)c1)NC(C)CCCN(CC)CC. The zero-order valence-electron chi connectivity index (χ0n) is 19.9. The number of guanidine groups is 1. The normalized spacial score (nSPS) is 12.9. The van der Waals surface area contributed by atoms with E-state index < -0.39 is 0 Å². The molecule has 30 heavy (non-hydrogen) atoms. The van der Waals surface area contributed by atoms with E-state index in [-0.39, 0.29) is 5.91 Å². The standard InChI is InChI=1S/C24H43N5O/c1-7-25-24(27-20(6)12-11-15-29(8-2)9-3)26-18-21-13-10-14-22(17-21)28-23(30)16-19(4)5/h10,13-14,17,19-20H,7-9,11-12,15-16,18H2,1-6H3,(H,28,30)(H2,25,26,27). The predicted molar refractivity (Wildman–Crippen MR) is 129 cm³/mol. The van der Waals surface area contributed by atoms with Crippen molar-refractivity contribution in [3.8, 4) is 0 Å². The van der Waals surface area contributed by atoms with Crippen LogP contribution in [-0.4, -0.2) is 49.0 Å². The van der Waals surface area contributed by atoms with Crippen molar-refractivity contribution in [3.63, 3.8) is 0 Å². The van der Waals surface area contributed by atoms with Crippen LogP contribution in [0.25, 0.3) is 0 Å². The summed E-state index contributed by atoms with van der Waals surface area (Å²) in [6.07, 6.45) is 2.81. The molecule has 170 valence electrons. The zero-order valence-corrected chi connectivity index (χ0v) is 19.9. The third-order valence-electron chi connectivity index (χ3n) is 4.96. The Hall–Kier alpha value is -2.08. The molecule has 0 bridgehead atoms. The smallest absolute Gasteiger partial charge is 0.224 e. The summed E-state index contributed by atoms with van der Waals surface area (Å²) in [5, 5.41) is 9.83. The molecule has 0 aromatic heterocycles. The van der Waals surface area contributed by atoms with Crippen molar-refractivity contribution in [2.75, 3.05) is 31.5 Å². The van der Waals surface area contributed by atoms with Crippen molar-refractivity contribution in [1.29, 1.82) is 0 Å². The van der Waals surface area contributed by atoms with Crippen LogP contribution < -0.4 is 16.0 Å². The van der Waals surface area contributed by atoms with E-state index >= 15 is 0 Å². The van der Waals surface area contributed by atoms with Crippen LogP contribution in [0.15, 0.2) is 29.3 Å². The van der Waals surface area contributed by atoms with E-state index in [0.29, 0.717) is 24.9 Å². The summed E-state index contributed by atoms with van der Waals surface area (Å²) >= 11 is 0. The van der Waals surface area contributed by atoms with Crippen LogP contribution in [0.2, 0.25) is 0 Å². The summed E-state index contributed by atoms with van der Waals surface area (Å²) in [6, 6.07) is 8.29. The molecule has 1 rings (SSSR count). The highest BCUT2D eigenvalue weighted by Gasteiger charge is 2.08. The number of hydrogen-bond donors (Lipinski definition) is 3. The molecular formula is C24H43N5O. The molecule has 0 saturated heterocycles. The summed E-state index contributed by atoms with van der Waals surface area (Å²) in [7, 11) is 0. The molecule has 6 heteroatoms. The second-order valence-electron chi connectivity index (χ2n) is 8.26. The van der Waals surface area contributed by atoms with E-state index in [4.69, 9.17) is 4.99 Å². The Morgan fingerprint density at radius 1 is 1.13 bits per heavy atom. The van der Waals surface area contributed by atoms with Crippen LogP contribution in [-0.2, 0) is 11.3 Å². The molecule has 0 heterocycles. The fraction of sp³-hybridized carbons (Fsp3) is 0.667. The molecule has 0 fully saturated rings. The Morgan fingerprint density at radius 3 is 2.50 bits per heavy atom. The summed E-state index contributed by atoms with van der Waals surface area (Å²) in [5.41, 5.74) is 1.90. The topological polar surface area (TPSA) is 68.8 Å². The van der Waals surface area contributed by atoms with Gasteiger partial charge in [0.1, 0.15) is 0 Å². The molecule has 0 aliphatic carbocycles. The maximum atomic E-state index is 12.0. The minimum absolute atomic E-state index is 0.0548. The van der Waals surface area contributed by atoms with Gasteiger partial charge in [-0.15, -0.1) is 0 Å². The van der Waals surface area contributed by atoms with E-state index in [1.165, 1.54) is 6.42 Å². The van der Waals surface area contributed by atoms with Gasteiger partial charge in [0.2, 0.25) is 5.91 Å². The first kappa shape index (κ1) is 26.0. The van der Waals surface area contributed by atoms with Crippen molar-refractivity contribution >= 4 is 17.6 Å². The van der Waals surface area contributed by atoms with E-state index in [0.717, 1.165) is 49.8 Å². The van der Waals surface area contributed by atoms with Crippen molar-refractivity contribution in [2.45, 2.75) is 73.4 Å². The number of nitrogens with one attached hydrogen (secondary N) is 3. The van der Waals surface area contributed by atoms with Crippen LogP contribution in [0.1, 0.15) is 66.4 Å². The lowest BCUT2D eigenvalue weighted by atomic mass is 10.1. The third-order valence-corrected chi connectivity index (χ3v) is 4.96. The molecule has 3 N–H and O–H groups in total. The predicted octanol–water partition coefficient (Wildman–Crippen LogP) is 4.24. The molecule has 1 aromatic rings. The highest BCUT2D eigenvalue weighted by molar-refractivity contribution is 5.90. The molecular weight excluding hydrogens is 374 g/mol. The van der Waals surface area contributed by atoms with Gasteiger partial charge in [-0.25, -0.2) is 4.99 Å². The van der Waals surface area contributed by atoms with Gasteiger partial charge in [0.25, 0.3) is 0 Å². The molecule has 0 spiro atoms. The van der Waals surface area contributed by atoms with Gasteiger partial charge in [-0.2, -0.15) is 0 Å². The number of carbonyl (C=O) groups is 1. The molecule has 1 aromatic carbocycles. The highest BCUT2D eigenvalue weighted by Crippen LogP contribution is 2.13. The maximum Gasteiger partial charge on any atom is 0.224 e. The summed E-state index contributed by atoms with van der Waals surface area (Å²) in [5.74, 6) is 1.24. The average Bonchev–Trinajstić information content (AvgIpc) is 2.69. The van der Waals surface area contributed by atoms with Gasteiger partial charge in [0.05, 0.1) is 6.54 Å². The number of rotatable bonds is 13. The fourth-order valence-electron chi connectivity index (χ4n) is 3.29. The van der Waals surface area contributed by atoms with Crippen molar-refractivity contribution in [3.05, 3.63) is 29.8 Å². The van der Waals surface area contributed by atoms with Crippen LogP contribution in [0.3, 0.4) is 0 Å². The average molecular weight is 418 g/mol.